The molecule has 0 aromatic carbocycles. The van der Waals surface area contributed by atoms with E-state index in [9.17, 15) is 0 Å². The van der Waals surface area contributed by atoms with Crippen LogP contribution in [0.4, 0.5) is 0 Å². The number of hydrogen-bond acceptors (Lipinski definition) is 3. The zero-order chi connectivity index (χ0) is 12.0. The highest BCUT2D eigenvalue weighted by Crippen LogP contribution is 2.07. The van der Waals surface area contributed by atoms with Crippen LogP contribution in [0.15, 0.2) is 6.07 Å². The van der Waals surface area contributed by atoms with Crippen molar-refractivity contribution in [3.63, 3.8) is 0 Å². The Morgan fingerprint density at radius 3 is 2.81 bits per heavy atom. The average Bonchev–Trinajstić information content (AvgIpc) is 2.56. The summed E-state index contributed by atoms with van der Waals surface area (Å²) in [6, 6.07) is 2.60. The molecule has 0 radical (unpaired) electrons. The van der Waals surface area contributed by atoms with Crippen molar-refractivity contribution in [1.82, 2.24) is 15.1 Å². The number of rotatable bonds is 7. The Morgan fingerprint density at radius 1 is 1.56 bits per heavy atom. The fourth-order valence-corrected chi connectivity index (χ4v) is 1.83. The number of ether oxygens (including phenoxy) is 1. The van der Waals surface area contributed by atoms with Crippen LogP contribution in [0.3, 0.4) is 0 Å². The van der Waals surface area contributed by atoms with E-state index in [0.29, 0.717) is 6.04 Å². The maximum atomic E-state index is 5.38. The smallest absolute Gasteiger partial charge is 0.0596 e. The molecule has 1 atom stereocenters. The van der Waals surface area contributed by atoms with Gasteiger partial charge in [0.05, 0.1) is 5.69 Å². The minimum Gasteiger partial charge on any atom is -0.382 e. The Kier molecular flexibility index (Phi) is 5.49. The highest BCUT2D eigenvalue weighted by Gasteiger charge is 2.10. The van der Waals surface area contributed by atoms with Gasteiger partial charge in [0.25, 0.3) is 0 Å². The summed E-state index contributed by atoms with van der Waals surface area (Å²) >= 11 is 0. The van der Waals surface area contributed by atoms with Gasteiger partial charge >= 0.3 is 0 Å². The van der Waals surface area contributed by atoms with Gasteiger partial charge in [-0.15, -0.1) is 0 Å². The number of nitrogens with one attached hydrogen (secondary N) is 1. The summed E-state index contributed by atoms with van der Waals surface area (Å²) in [6.45, 7) is 5.66. The number of hydrogen-bond donors (Lipinski definition) is 1. The van der Waals surface area contributed by atoms with Gasteiger partial charge in [0.1, 0.15) is 0 Å². The summed E-state index contributed by atoms with van der Waals surface area (Å²) in [5, 5.41) is 7.68. The second-order valence-corrected chi connectivity index (χ2v) is 4.08. The lowest BCUT2D eigenvalue weighted by Crippen LogP contribution is -2.29. The molecule has 0 fully saturated rings. The quantitative estimate of drug-likeness (QED) is 0.711. The first-order valence-electron chi connectivity index (χ1n) is 5.91. The average molecular weight is 225 g/mol. The standard InChI is InChI=1S/C12H23N3O/c1-5-16-7-6-11(13-3)9-12-8-10(2)14-15(12)4/h8,11,13H,5-7,9H2,1-4H3. The zero-order valence-electron chi connectivity index (χ0n) is 10.8. The number of nitrogens with zero attached hydrogens (tertiary/aromatic N) is 2. The first-order valence-corrected chi connectivity index (χ1v) is 5.91. The van der Waals surface area contributed by atoms with E-state index >= 15 is 0 Å². The van der Waals surface area contributed by atoms with Gasteiger partial charge in [0.2, 0.25) is 0 Å². The van der Waals surface area contributed by atoms with Gasteiger partial charge in [0, 0.05) is 38.4 Å². The maximum Gasteiger partial charge on any atom is 0.0596 e. The third-order valence-electron chi connectivity index (χ3n) is 2.78. The first-order chi connectivity index (χ1) is 7.67. The van der Waals surface area contributed by atoms with Crippen molar-refractivity contribution in [3.05, 3.63) is 17.5 Å². The van der Waals surface area contributed by atoms with Crippen LogP contribution >= 0.6 is 0 Å². The lowest BCUT2D eigenvalue weighted by atomic mass is 10.1. The highest BCUT2D eigenvalue weighted by atomic mass is 16.5. The van der Waals surface area contributed by atoms with Crippen LogP contribution in [0, 0.1) is 6.92 Å². The highest BCUT2D eigenvalue weighted by molar-refractivity contribution is 5.09. The fourth-order valence-electron chi connectivity index (χ4n) is 1.83. The topological polar surface area (TPSA) is 39.1 Å². The Balaban J connectivity index is 2.46. The molecule has 0 saturated carbocycles. The summed E-state index contributed by atoms with van der Waals surface area (Å²) in [6.07, 6.45) is 2.04. The van der Waals surface area contributed by atoms with Crippen molar-refractivity contribution in [3.8, 4) is 0 Å². The van der Waals surface area contributed by atoms with Crippen LogP contribution < -0.4 is 5.32 Å². The van der Waals surface area contributed by atoms with Gasteiger partial charge in [-0.25, -0.2) is 0 Å². The molecule has 1 heterocycles. The molecule has 0 aliphatic carbocycles. The first kappa shape index (κ1) is 13.2. The van der Waals surface area contributed by atoms with E-state index in [4.69, 9.17) is 4.74 Å². The predicted molar refractivity (Wildman–Crippen MR) is 65.6 cm³/mol. The molecule has 16 heavy (non-hydrogen) atoms. The number of aromatic nitrogens is 2. The molecule has 0 aliphatic heterocycles. The predicted octanol–water partition coefficient (Wildman–Crippen LogP) is 1.29. The van der Waals surface area contributed by atoms with Crippen molar-refractivity contribution in [2.45, 2.75) is 32.7 Å². The van der Waals surface area contributed by atoms with Crippen molar-refractivity contribution < 1.29 is 4.74 Å². The molecule has 1 unspecified atom stereocenters. The lowest BCUT2D eigenvalue weighted by molar-refractivity contribution is 0.137. The molecule has 0 bridgehead atoms. The fraction of sp³-hybridized carbons (Fsp3) is 0.750. The van der Waals surface area contributed by atoms with E-state index in [1.54, 1.807) is 0 Å². The lowest BCUT2D eigenvalue weighted by Gasteiger charge is -2.15. The molecule has 1 aromatic rings. The Morgan fingerprint density at radius 2 is 2.31 bits per heavy atom. The van der Waals surface area contributed by atoms with E-state index in [2.05, 4.69) is 16.5 Å². The van der Waals surface area contributed by atoms with Crippen molar-refractivity contribution in [2.75, 3.05) is 20.3 Å². The molecule has 1 aromatic heterocycles. The molecule has 4 nitrogen and oxygen atoms in total. The molecular formula is C12H23N3O. The van der Waals surface area contributed by atoms with Crippen molar-refractivity contribution in [1.29, 1.82) is 0 Å². The normalized spacial score (nSPS) is 13.0. The molecule has 1 rings (SSSR count). The van der Waals surface area contributed by atoms with E-state index in [0.717, 1.165) is 31.7 Å². The van der Waals surface area contributed by atoms with Crippen LogP contribution in [-0.4, -0.2) is 36.1 Å². The molecular weight excluding hydrogens is 202 g/mol. The minimum atomic E-state index is 0.460. The second-order valence-electron chi connectivity index (χ2n) is 4.08. The Hall–Kier alpha value is -0.870. The summed E-state index contributed by atoms with van der Waals surface area (Å²) in [4.78, 5) is 0. The summed E-state index contributed by atoms with van der Waals surface area (Å²) in [7, 11) is 4.00. The Bertz CT molecular complexity index is 309. The van der Waals surface area contributed by atoms with E-state index in [1.165, 1.54) is 5.69 Å². The molecule has 0 saturated heterocycles. The SMILES string of the molecule is CCOCCC(Cc1cc(C)nn1C)NC. The third kappa shape index (κ3) is 3.94. The number of aryl methyl sites for hydroxylation is 2. The van der Waals surface area contributed by atoms with E-state index in [1.807, 2.05) is 32.6 Å². The largest absolute Gasteiger partial charge is 0.382 e. The second kappa shape index (κ2) is 6.66. The summed E-state index contributed by atoms with van der Waals surface area (Å²) in [5.74, 6) is 0. The van der Waals surface area contributed by atoms with Gasteiger partial charge < -0.3 is 10.1 Å². The van der Waals surface area contributed by atoms with Crippen LogP contribution in [0.1, 0.15) is 24.7 Å². The van der Waals surface area contributed by atoms with Gasteiger partial charge in [-0.2, -0.15) is 5.10 Å². The molecule has 1 N–H and O–H groups in total. The van der Waals surface area contributed by atoms with Gasteiger partial charge in [0.15, 0.2) is 0 Å². The van der Waals surface area contributed by atoms with Gasteiger partial charge in [-0.05, 0) is 33.4 Å². The molecule has 0 amide bonds. The monoisotopic (exact) mass is 225 g/mol. The number of likely N-dealkylation sites (N-methyl/N-ethyl adjacent to an activating group) is 1. The molecule has 4 heteroatoms. The molecule has 0 aliphatic rings. The van der Waals surface area contributed by atoms with E-state index in [-0.39, 0.29) is 0 Å². The van der Waals surface area contributed by atoms with Gasteiger partial charge in [-0.3, -0.25) is 4.68 Å². The van der Waals surface area contributed by atoms with Crippen molar-refractivity contribution in [2.24, 2.45) is 7.05 Å². The van der Waals surface area contributed by atoms with Crippen LogP contribution in [-0.2, 0) is 18.2 Å². The Labute approximate surface area is 98.0 Å². The maximum absolute atomic E-state index is 5.38. The third-order valence-corrected chi connectivity index (χ3v) is 2.78. The van der Waals surface area contributed by atoms with Crippen molar-refractivity contribution >= 4 is 0 Å². The van der Waals surface area contributed by atoms with Gasteiger partial charge in [-0.1, -0.05) is 0 Å². The molecule has 92 valence electrons. The zero-order valence-corrected chi connectivity index (χ0v) is 10.8. The minimum absolute atomic E-state index is 0.460. The summed E-state index contributed by atoms with van der Waals surface area (Å²) in [5.41, 5.74) is 2.35. The molecule has 0 spiro atoms. The van der Waals surface area contributed by atoms with Crippen LogP contribution in [0.5, 0.6) is 0 Å². The van der Waals surface area contributed by atoms with Crippen LogP contribution in [0.25, 0.3) is 0 Å². The van der Waals surface area contributed by atoms with Crippen LogP contribution in [0.2, 0.25) is 0 Å². The van der Waals surface area contributed by atoms with E-state index < -0.39 is 0 Å². The summed E-state index contributed by atoms with van der Waals surface area (Å²) < 4.78 is 7.34.